The first-order chi connectivity index (χ1) is 10.6. The second-order valence-electron chi connectivity index (χ2n) is 5.07. The number of H-pyrrole nitrogens is 1. The van der Waals surface area contributed by atoms with Crippen molar-refractivity contribution in [3.63, 3.8) is 0 Å². The van der Waals surface area contributed by atoms with Gasteiger partial charge < -0.3 is 14.7 Å². The number of hydrogen-bond donors (Lipinski definition) is 2. The monoisotopic (exact) mass is 299 g/mol. The quantitative estimate of drug-likeness (QED) is 0.747. The van der Waals surface area contributed by atoms with E-state index in [4.69, 9.17) is 4.42 Å². The van der Waals surface area contributed by atoms with Crippen LogP contribution in [0.15, 0.2) is 22.6 Å². The average Bonchev–Trinajstić information content (AvgIpc) is 3.09. The minimum absolute atomic E-state index is 0.0909. The summed E-state index contributed by atoms with van der Waals surface area (Å²) in [6.45, 7) is 4.09. The van der Waals surface area contributed by atoms with E-state index in [9.17, 15) is 4.79 Å². The zero-order chi connectivity index (χ0) is 15.5. The van der Waals surface area contributed by atoms with E-state index >= 15 is 0 Å². The van der Waals surface area contributed by atoms with Gasteiger partial charge in [-0.1, -0.05) is 13.0 Å². The molecule has 3 rings (SSSR count). The van der Waals surface area contributed by atoms with Gasteiger partial charge in [-0.15, -0.1) is 10.2 Å². The Hall–Kier alpha value is -2.70. The number of hydrogen-bond acceptors (Lipinski definition) is 5. The molecular weight excluding hydrogens is 282 g/mol. The Bertz CT molecular complexity index is 805. The first kappa shape index (κ1) is 14.2. The Kier molecular flexibility index (Phi) is 3.86. The molecule has 0 unspecified atom stereocenters. The lowest BCUT2D eigenvalue weighted by Crippen LogP contribution is -2.24. The van der Waals surface area contributed by atoms with E-state index in [-0.39, 0.29) is 12.5 Å². The highest BCUT2D eigenvalue weighted by Gasteiger charge is 2.09. The third-order valence-electron chi connectivity index (χ3n) is 3.28. The van der Waals surface area contributed by atoms with Gasteiger partial charge in [0.15, 0.2) is 0 Å². The molecule has 1 aromatic carbocycles. The number of aromatic nitrogens is 4. The first-order valence-electron chi connectivity index (χ1n) is 7.17. The minimum atomic E-state index is -0.0909. The molecule has 7 nitrogen and oxygen atoms in total. The smallest absolute Gasteiger partial charge is 0.235 e. The van der Waals surface area contributed by atoms with Crippen LogP contribution >= 0.6 is 0 Å². The topological polar surface area (TPSA) is 96.7 Å². The van der Waals surface area contributed by atoms with Crippen molar-refractivity contribution in [2.75, 3.05) is 0 Å². The van der Waals surface area contributed by atoms with E-state index in [1.54, 1.807) is 0 Å². The number of carbonyl (C=O) groups is 1. The number of aromatic amines is 1. The third kappa shape index (κ3) is 3.13. The number of aryl methyl sites for hydroxylation is 2. The van der Waals surface area contributed by atoms with Crippen molar-refractivity contribution in [2.45, 2.75) is 33.2 Å². The molecule has 2 aromatic heterocycles. The molecule has 0 aliphatic rings. The summed E-state index contributed by atoms with van der Waals surface area (Å²) < 4.78 is 5.34. The van der Waals surface area contributed by atoms with Crippen LogP contribution in [-0.4, -0.2) is 26.1 Å². The number of rotatable bonds is 5. The van der Waals surface area contributed by atoms with Gasteiger partial charge in [0, 0.05) is 6.42 Å². The van der Waals surface area contributed by atoms with Crippen LogP contribution in [0.5, 0.6) is 0 Å². The maximum atomic E-state index is 12.0. The highest BCUT2D eigenvalue weighted by Crippen LogP contribution is 2.14. The Balaban J connectivity index is 1.60. The van der Waals surface area contributed by atoms with Crippen molar-refractivity contribution in [1.29, 1.82) is 0 Å². The van der Waals surface area contributed by atoms with Crippen molar-refractivity contribution in [2.24, 2.45) is 0 Å². The summed E-state index contributed by atoms with van der Waals surface area (Å²) in [5, 5.41) is 10.5. The molecule has 3 aromatic rings. The van der Waals surface area contributed by atoms with E-state index in [1.165, 1.54) is 0 Å². The van der Waals surface area contributed by atoms with Crippen LogP contribution in [0.25, 0.3) is 11.0 Å². The molecular formula is C15H17N5O2. The summed E-state index contributed by atoms with van der Waals surface area (Å²) in [5.41, 5.74) is 2.76. The highest BCUT2D eigenvalue weighted by atomic mass is 16.4. The van der Waals surface area contributed by atoms with Gasteiger partial charge in [-0.05, 0) is 24.6 Å². The molecule has 0 saturated heterocycles. The largest absolute Gasteiger partial charge is 0.423 e. The van der Waals surface area contributed by atoms with Crippen LogP contribution < -0.4 is 5.32 Å². The fraction of sp³-hybridized carbons (Fsp3) is 0.333. The molecule has 0 atom stereocenters. The summed E-state index contributed by atoms with van der Waals surface area (Å²) in [6.07, 6.45) is 0.980. The second-order valence-corrected chi connectivity index (χ2v) is 5.07. The van der Waals surface area contributed by atoms with E-state index < -0.39 is 0 Å². The summed E-state index contributed by atoms with van der Waals surface area (Å²) in [6, 6.07) is 5.76. The molecule has 0 saturated carbocycles. The van der Waals surface area contributed by atoms with Gasteiger partial charge in [0.1, 0.15) is 5.82 Å². The molecule has 0 aliphatic heterocycles. The molecule has 114 valence electrons. The molecule has 7 heteroatoms. The average molecular weight is 299 g/mol. The molecule has 2 N–H and O–H groups in total. The summed E-state index contributed by atoms with van der Waals surface area (Å²) >= 11 is 0. The van der Waals surface area contributed by atoms with Gasteiger partial charge in [0.25, 0.3) is 0 Å². The summed E-state index contributed by atoms with van der Waals surface area (Å²) in [4.78, 5) is 19.5. The first-order valence-corrected chi connectivity index (χ1v) is 7.17. The van der Waals surface area contributed by atoms with Gasteiger partial charge in [0.2, 0.25) is 17.7 Å². The Morgan fingerprint density at radius 3 is 2.91 bits per heavy atom. The number of nitrogens with one attached hydrogen (secondary N) is 2. The zero-order valence-electron chi connectivity index (χ0n) is 12.5. The van der Waals surface area contributed by atoms with Crippen LogP contribution in [0.3, 0.4) is 0 Å². The molecule has 2 heterocycles. The molecule has 0 radical (unpaired) electrons. The predicted molar refractivity (Wildman–Crippen MR) is 80.1 cm³/mol. The van der Waals surface area contributed by atoms with E-state index in [0.29, 0.717) is 24.6 Å². The van der Waals surface area contributed by atoms with Crippen LogP contribution in [0, 0.1) is 6.92 Å². The number of fused-ring (bicyclic) bond motifs is 1. The maximum Gasteiger partial charge on any atom is 0.235 e. The van der Waals surface area contributed by atoms with Gasteiger partial charge in [-0.3, -0.25) is 4.79 Å². The normalized spacial score (nSPS) is 11.0. The van der Waals surface area contributed by atoms with Crippen molar-refractivity contribution in [1.82, 2.24) is 25.5 Å². The fourth-order valence-electron chi connectivity index (χ4n) is 2.22. The second kappa shape index (κ2) is 5.97. The Morgan fingerprint density at radius 2 is 2.14 bits per heavy atom. The number of imidazole rings is 1. The van der Waals surface area contributed by atoms with Crippen LogP contribution in [0.2, 0.25) is 0 Å². The molecule has 0 bridgehead atoms. The lowest BCUT2D eigenvalue weighted by atomic mass is 10.1. The SMILES string of the molecule is CCc1nnc(CNC(=O)Cc2ccc3nc(C)[nH]c3c2)o1. The number of carbonyl (C=O) groups excluding carboxylic acids is 1. The minimum Gasteiger partial charge on any atom is -0.423 e. The lowest BCUT2D eigenvalue weighted by Gasteiger charge is -2.03. The van der Waals surface area contributed by atoms with Crippen LogP contribution in [-0.2, 0) is 24.2 Å². The predicted octanol–water partition coefficient (Wildman–Crippen LogP) is 1.68. The van der Waals surface area contributed by atoms with Crippen LogP contribution in [0.1, 0.15) is 30.1 Å². The Labute approximate surface area is 127 Å². The summed E-state index contributed by atoms with van der Waals surface area (Å²) in [5.74, 6) is 1.76. The fourth-order valence-corrected chi connectivity index (χ4v) is 2.22. The molecule has 0 aliphatic carbocycles. The summed E-state index contributed by atoms with van der Waals surface area (Å²) in [7, 11) is 0. The molecule has 0 spiro atoms. The van der Waals surface area contributed by atoms with E-state index in [0.717, 1.165) is 22.4 Å². The van der Waals surface area contributed by atoms with E-state index in [2.05, 4.69) is 25.5 Å². The zero-order valence-corrected chi connectivity index (χ0v) is 12.5. The van der Waals surface area contributed by atoms with Crippen LogP contribution in [0.4, 0.5) is 0 Å². The van der Waals surface area contributed by atoms with Gasteiger partial charge in [-0.2, -0.15) is 0 Å². The number of amides is 1. The van der Waals surface area contributed by atoms with Gasteiger partial charge >= 0.3 is 0 Å². The molecule has 22 heavy (non-hydrogen) atoms. The van der Waals surface area contributed by atoms with Crippen molar-refractivity contribution < 1.29 is 9.21 Å². The highest BCUT2D eigenvalue weighted by molar-refractivity contribution is 5.81. The van der Waals surface area contributed by atoms with Gasteiger partial charge in [-0.25, -0.2) is 4.98 Å². The molecule has 1 amide bonds. The maximum absolute atomic E-state index is 12.0. The van der Waals surface area contributed by atoms with Crippen molar-refractivity contribution in [3.05, 3.63) is 41.4 Å². The number of benzene rings is 1. The van der Waals surface area contributed by atoms with Crippen molar-refractivity contribution >= 4 is 16.9 Å². The van der Waals surface area contributed by atoms with Gasteiger partial charge in [0.05, 0.1) is 24.0 Å². The lowest BCUT2D eigenvalue weighted by molar-refractivity contribution is -0.120. The van der Waals surface area contributed by atoms with E-state index in [1.807, 2.05) is 32.0 Å². The standard InChI is InChI=1S/C15H17N5O2/c1-3-14-19-20-15(22-14)8-16-13(21)7-10-4-5-11-12(6-10)18-9(2)17-11/h4-6H,3,7-8H2,1-2H3,(H,16,21)(H,17,18). The number of nitrogens with zero attached hydrogens (tertiary/aromatic N) is 3. The Morgan fingerprint density at radius 1 is 1.32 bits per heavy atom. The van der Waals surface area contributed by atoms with Crippen molar-refractivity contribution in [3.8, 4) is 0 Å². The third-order valence-corrected chi connectivity index (χ3v) is 3.28. The molecule has 0 fully saturated rings.